The van der Waals surface area contributed by atoms with E-state index in [1.165, 1.54) is 270 Å². The first kappa shape index (κ1) is 71.8. The van der Waals surface area contributed by atoms with Crippen LogP contribution < -0.4 is 5.32 Å². The molecule has 0 aliphatic carbocycles. The maximum Gasteiger partial charge on any atom is 0.305 e. The van der Waals surface area contributed by atoms with Crippen molar-refractivity contribution in [1.82, 2.24) is 5.32 Å². The van der Waals surface area contributed by atoms with E-state index in [4.69, 9.17) is 4.74 Å². The van der Waals surface area contributed by atoms with Gasteiger partial charge in [-0.05, 0) is 89.9 Å². The molecule has 2 unspecified atom stereocenters. The molecule has 0 radical (unpaired) electrons. The Morgan fingerprint density at radius 3 is 1.04 bits per heavy atom. The number of esters is 1. The van der Waals surface area contributed by atoms with E-state index in [9.17, 15) is 19.8 Å². The molecule has 6 heteroatoms. The highest BCUT2D eigenvalue weighted by molar-refractivity contribution is 5.76. The molecule has 434 valence electrons. The predicted octanol–water partition coefficient (Wildman–Crippen LogP) is 20.9. The van der Waals surface area contributed by atoms with Crippen LogP contribution in [-0.2, 0) is 14.3 Å². The highest BCUT2D eigenvalue weighted by Gasteiger charge is 2.18. The summed E-state index contributed by atoms with van der Waals surface area (Å²) in [5.74, 6) is -0.0654. The monoisotopic (exact) mass is 1040 g/mol. The lowest BCUT2D eigenvalue weighted by molar-refractivity contribution is -0.143. The molecule has 1 amide bonds. The van der Waals surface area contributed by atoms with Crippen molar-refractivity contribution >= 4 is 11.9 Å². The van der Waals surface area contributed by atoms with Gasteiger partial charge in [0, 0.05) is 12.8 Å². The molecular formula is C68H127NO5. The molecule has 2 atom stereocenters. The van der Waals surface area contributed by atoms with E-state index < -0.39 is 12.1 Å². The van der Waals surface area contributed by atoms with Crippen LogP contribution in [-0.4, -0.2) is 47.4 Å². The minimum Gasteiger partial charge on any atom is -0.466 e. The number of aliphatic hydroxyl groups is 2. The van der Waals surface area contributed by atoms with E-state index in [-0.39, 0.29) is 18.5 Å². The zero-order valence-electron chi connectivity index (χ0n) is 49.6. The third-order valence-corrected chi connectivity index (χ3v) is 15.1. The summed E-state index contributed by atoms with van der Waals surface area (Å²) in [6, 6.07) is -0.629. The Bertz CT molecular complexity index is 1240. The second-order valence-corrected chi connectivity index (χ2v) is 22.4. The number of carbonyl (C=O) groups is 2. The molecule has 0 heterocycles. The van der Waals surface area contributed by atoms with E-state index in [1.54, 1.807) is 6.08 Å². The molecule has 0 fully saturated rings. The maximum absolute atomic E-state index is 12.5. The fourth-order valence-electron chi connectivity index (χ4n) is 10.0. The summed E-state index contributed by atoms with van der Waals surface area (Å²) in [6.45, 7) is 4.90. The highest BCUT2D eigenvalue weighted by atomic mass is 16.5. The first-order chi connectivity index (χ1) is 36.5. The Kier molecular flexibility index (Phi) is 61.5. The van der Waals surface area contributed by atoms with Gasteiger partial charge in [0.25, 0.3) is 0 Å². The Hall–Kier alpha value is -2.18. The second-order valence-electron chi connectivity index (χ2n) is 22.4. The van der Waals surface area contributed by atoms with Gasteiger partial charge < -0.3 is 20.3 Å². The van der Waals surface area contributed by atoms with E-state index in [2.05, 4.69) is 55.6 Å². The molecular weight excluding hydrogens is 911 g/mol. The highest BCUT2D eigenvalue weighted by Crippen LogP contribution is 2.17. The van der Waals surface area contributed by atoms with Crippen LogP contribution in [0.3, 0.4) is 0 Å². The first-order valence-electron chi connectivity index (χ1n) is 32.9. The minimum absolute atomic E-state index is 0.00293. The van der Waals surface area contributed by atoms with Gasteiger partial charge in [0.05, 0.1) is 25.4 Å². The van der Waals surface area contributed by atoms with Crippen LogP contribution in [0.15, 0.2) is 48.6 Å². The molecule has 0 aromatic heterocycles. The van der Waals surface area contributed by atoms with Gasteiger partial charge in [-0.1, -0.05) is 294 Å². The zero-order valence-corrected chi connectivity index (χ0v) is 49.6. The lowest BCUT2D eigenvalue weighted by atomic mass is 10.0. The number of ether oxygens (including phenoxy) is 1. The summed E-state index contributed by atoms with van der Waals surface area (Å²) in [5, 5.41) is 23.1. The quantitative estimate of drug-likeness (QED) is 0.0320. The Morgan fingerprint density at radius 1 is 0.378 bits per heavy atom. The summed E-state index contributed by atoms with van der Waals surface area (Å²) in [4.78, 5) is 24.5. The third kappa shape index (κ3) is 59.1. The number of hydrogen-bond donors (Lipinski definition) is 3. The van der Waals surface area contributed by atoms with Gasteiger partial charge in [0.2, 0.25) is 5.91 Å². The normalized spacial score (nSPS) is 12.9. The van der Waals surface area contributed by atoms with Crippen LogP contribution in [0.25, 0.3) is 0 Å². The number of rotatable bonds is 61. The Balaban J connectivity index is 3.42. The number of unbranched alkanes of at least 4 members (excludes halogenated alkanes) is 44. The van der Waals surface area contributed by atoms with Crippen LogP contribution in [0.5, 0.6) is 0 Å². The smallest absolute Gasteiger partial charge is 0.305 e. The van der Waals surface area contributed by atoms with E-state index in [0.29, 0.717) is 19.4 Å². The average Bonchev–Trinajstić information content (AvgIpc) is 3.40. The molecule has 0 saturated heterocycles. The van der Waals surface area contributed by atoms with Crippen molar-refractivity contribution in [1.29, 1.82) is 0 Å². The second kappa shape index (κ2) is 63.4. The first-order valence-corrected chi connectivity index (χ1v) is 32.9. The van der Waals surface area contributed by atoms with Crippen molar-refractivity contribution in [2.75, 3.05) is 13.2 Å². The summed E-state index contributed by atoms with van der Waals surface area (Å²) < 4.78 is 5.48. The summed E-state index contributed by atoms with van der Waals surface area (Å²) in [6.07, 6.45) is 81.7. The average molecular weight is 1040 g/mol. The van der Waals surface area contributed by atoms with Gasteiger partial charge in [0.1, 0.15) is 0 Å². The van der Waals surface area contributed by atoms with Gasteiger partial charge in [0.15, 0.2) is 0 Å². The largest absolute Gasteiger partial charge is 0.466 e. The Labute approximate surface area is 461 Å². The van der Waals surface area contributed by atoms with Crippen LogP contribution in [0, 0.1) is 0 Å². The molecule has 0 saturated carbocycles. The number of aliphatic hydroxyl groups excluding tert-OH is 2. The van der Waals surface area contributed by atoms with E-state index >= 15 is 0 Å². The molecule has 3 N–H and O–H groups in total. The van der Waals surface area contributed by atoms with Crippen molar-refractivity contribution in [2.45, 2.75) is 360 Å². The number of allylic oxidation sites excluding steroid dienone is 7. The van der Waals surface area contributed by atoms with E-state index in [1.807, 2.05) is 6.08 Å². The number of hydrogen-bond acceptors (Lipinski definition) is 5. The summed E-state index contributed by atoms with van der Waals surface area (Å²) in [5.41, 5.74) is 0. The molecule has 0 aliphatic rings. The minimum atomic E-state index is -0.845. The van der Waals surface area contributed by atoms with Gasteiger partial charge in [-0.2, -0.15) is 0 Å². The molecule has 0 bridgehead atoms. The van der Waals surface area contributed by atoms with Crippen molar-refractivity contribution in [2.24, 2.45) is 0 Å². The number of amides is 1. The van der Waals surface area contributed by atoms with Gasteiger partial charge >= 0.3 is 5.97 Å². The fraction of sp³-hybridized carbons (Fsp3) is 0.853. The summed E-state index contributed by atoms with van der Waals surface area (Å²) in [7, 11) is 0. The van der Waals surface area contributed by atoms with Gasteiger partial charge in [-0.25, -0.2) is 0 Å². The molecule has 74 heavy (non-hydrogen) atoms. The van der Waals surface area contributed by atoms with Crippen LogP contribution in [0.1, 0.15) is 348 Å². The SMILES string of the molecule is CCCCCCC/C=C\CCCCCCCC(=O)OCCCCCCCCCCC/C=C\C/C=C\CCCCCCCCCCCCCCCC(=O)NC(CO)C(O)/C=C/CCCCCCCCCCCCCC. The van der Waals surface area contributed by atoms with Crippen molar-refractivity contribution in [3.8, 4) is 0 Å². The van der Waals surface area contributed by atoms with Gasteiger partial charge in [-0.15, -0.1) is 0 Å². The molecule has 0 aliphatic heterocycles. The lowest BCUT2D eigenvalue weighted by Gasteiger charge is -2.20. The molecule has 0 aromatic carbocycles. The van der Waals surface area contributed by atoms with Crippen molar-refractivity contribution < 1.29 is 24.5 Å². The van der Waals surface area contributed by atoms with Gasteiger partial charge in [-0.3, -0.25) is 9.59 Å². The molecule has 0 rings (SSSR count). The third-order valence-electron chi connectivity index (χ3n) is 15.1. The molecule has 6 nitrogen and oxygen atoms in total. The molecule has 0 aromatic rings. The topological polar surface area (TPSA) is 95.9 Å². The van der Waals surface area contributed by atoms with Crippen LogP contribution in [0.4, 0.5) is 0 Å². The number of nitrogens with one attached hydrogen (secondary N) is 1. The standard InChI is InChI=1S/C68H127NO5/c1-3-5-7-9-11-13-15-17-36-40-44-48-52-56-60-66(71)65(64-70)69-67(72)61-57-53-49-45-41-37-34-32-30-28-26-24-22-20-19-21-23-25-27-29-31-33-35-39-43-47-51-55-59-63-74-68(73)62-58-54-50-46-42-38-18-16-14-12-10-8-6-4-2/h16,18-19,21,25,27,56,60,65-66,70-71H,3-15,17,20,22-24,26,28-55,57-59,61-64H2,1-2H3,(H,69,72)/b18-16-,21-19-,27-25-,60-56+. The van der Waals surface area contributed by atoms with Crippen molar-refractivity contribution in [3.05, 3.63) is 48.6 Å². The van der Waals surface area contributed by atoms with Crippen molar-refractivity contribution in [3.63, 3.8) is 0 Å². The van der Waals surface area contributed by atoms with Crippen LogP contribution >= 0.6 is 0 Å². The summed E-state index contributed by atoms with van der Waals surface area (Å²) >= 11 is 0. The Morgan fingerprint density at radius 2 is 0.676 bits per heavy atom. The number of carbonyl (C=O) groups excluding carboxylic acids is 2. The fourth-order valence-corrected chi connectivity index (χ4v) is 10.0. The maximum atomic E-state index is 12.5. The predicted molar refractivity (Wildman–Crippen MR) is 324 cm³/mol. The zero-order chi connectivity index (χ0) is 53.6. The lowest BCUT2D eigenvalue weighted by Crippen LogP contribution is -2.45. The molecule has 0 spiro atoms. The van der Waals surface area contributed by atoms with Crippen LogP contribution in [0.2, 0.25) is 0 Å². The van der Waals surface area contributed by atoms with E-state index in [0.717, 1.165) is 51.4 Å².